The average molecular weight is 611 g/mol. The molecule has 0 heterocycles. The number of allylic oxidation sites excluding steroid dienone is 4. The molecule has 6 atom stereocenters. The van der Waals surface area contributed by atoms with Gasteiger partial charge in [0.15, 0.2) is 0 Å². The van der Waals surface area contributed by atoms with Crippen LogP contribution in [0.15, 0.2) is 35.5 Å². The van der Waals surface area contributed by atoms with Crippen LogP contribution in [0.4, 0.5) is 26.3 Å². The molecule has 0 radical (unpaired) electrons. The number of halogens is 6. The van der Waals surface area contributed by atoms with Crippen LogP contribution in [0.2, 0.25) is 0 Å². The van der Waals surface area contributed by atoms with Crippen molar-refractivity contribution >= 4 is 0 Å². The third-order valence-electron chi connectivity index (χ3n) is 10.2. The monoisotopic (exact) mass is 610 g/mol. The molecule has 4 N–H and O–H groups in total. The first kappa shape index (κ1) is 35.1. The van der Waals surface area contributed by atoms with Gasteiger partial charge in [-0.25, -0.2) is 0 Å². The van der Waals surface area contributed by atoms with Crippen molar-refractivity contribution in [3.8, 4) is 0 Å². The molecule has 0 saturated heterocycles. The Bertz CT molecular complexity index is 997. The van der Waals surface area contributed by atoms with Crippen LogP contribution in [-0.2, 0) is 0 Å². The molecular weight excluding hydrogens is 562 g/mol. The van der Waals surface area contributed by atoms with Gasteiger partial charge < -0.3 is 20.4 Å². The summed E-state index contributed by atoms with van der Waals surface area (Å²) in [6, 6.07) is 0. The molecule has 0 bridgehead atoms. The number of aliphatic hydroxyl groups is 4. The van der Waals surface area contributed by atoms with Gasteiger partial charge in [-0.2, -0.15) is 26.3 Å². The van der Waals surface area contributed by atoms with E-state index in [2.05, 4.69) is 13.0 Å². The molecule has 0 aromatic rings. The van der Waals surface area contributed by atoms with Crippen LogP contribution in [-0.4, -0.2) is 56.2 Å². The van der Waals surface area contributed by atoms with Gasteiger partial charge in [-0.15, -0.1) is 0 Å². The molecule has 42 heavy (non-hydrogen) atoms. The topological polar surface area (TPSA) is 80.9 Å². The van der Waals surface area contributed by atoms with E-state index >= 15 is 0 Å². The Morgan fingerprint density at radius 2 is 1.48 bits per heavy atom. The maximum Gasteiger partial charge on any atom is 0.429 e. The molecular formula is C32H48F6O4. The van der Waals surface area contributed by atoms with Crippen molar-refractivity contribution in [2.45, 2.75) is 141 Å². The number of alkyl halides is 6. The second kappa shape index (κ2) is 12.6. The van der Waals surface area contributed by atoms with Gasteiger partial charge in [0, 0.05) is 0 Å². The molecule has 3 aliphatic carbocycles. The van der Waals surface area contributed by atoms with E-state index in [1.807, 2.05) is 13.0 Å². The summed E-state index contributed by atoms with van der Waals surface area (Å²) in [5.74, 6) is 0.201. The normalized spacial score (nSPS) is 33.4. The van der Waals surface area contributed by atoms with Crippen LogP contribution in [0.3, 0.4) is 0 Å². The minimum Gasteiger partial charge on any atom is -0.393 e. The highest BCUT2D eigenvalue weighted by atomic mass is 19.4. The summed E-state index contributed by atoms with van der Waals surface area (Å²) in [5, 5.41) is 40.1. The zero-order chi connectivity index (χ0) is 31.8. The summed E-state index contributed by atoms with van der Waals surface area (Å²) in [6.45, 7) is 7.44. The predicted octanol–water partition coefficient (Wildman–Crippen LogP) is 7.71. The first-order valence-electron chi connectivity index (χ1n) is 15.1. The van der Waals surface area contributed by atoms with Gasteiger partial charge in [-0.1, -0.05) is 49.6 Å². The first-order valence-corrected chi connectivity index (χ1v) is 15.1. The second-order valence-corrected chi connectivity index (χ2v) is 14.2. The lowest BCUT2D eigenvalue weighted by atomic mass is 9.55. The van der Waals surface area contributed by atoms with E-state index in [-0.39, 0.29) is 29.7 Å². The van der Waals surface area contributed by atoms with Crippen LogP contribution in [0.1, 0.15) is 105 Å². The maximum absolute atomic E-state index is 13.3. The SMILES string of the molecule is CC(C)(O)CCC[C@@](C)(C/C=C/C(O)(C(F)(F)F)C(F)(F)F)[C@H]1CCC2/C(=C/C=C3/CC(O)C[C@H](O)C3)CCC[C@@]21C. The highest BCUT2D eigenvalue weighted by Crippen LogP contribution is 2.64. The van der Waals surface area contributed by atoms with Gasteiger partial charge in [-0.05, 0) is 113 Å². The molecule has 0 aromatic carbocycles. The molecule has 3 saturated carbocycles. The minimum atomic E-state index is -5.91. The van der Waals surface area contributed by atoms with Crippen LogP contribution >= 0.6 is 0 Å². The van der Waals surface area contributed by atoms with E-state index in [4.69, 9.17) is 0 Å². The Labute approximate surface area is 245 Å². The fraction of sp³-hybridized carbons (Fsp3) is 0.812. The van der Waals surface area contributed by atoms with Crippen molar-refractivity contribution in [3.05, 3.63) is 35.5 Å². The molecule has 10 heteroatoms. The highest BCUT2D eigenvalue weighted by Gasteiger charge is 2.69. The van der Waals surface area contributed by atoms with Crippen molar-refractivity contribution in [2.24, 2.45) is 22.7 Å². The lowest BCUT2D eigenvalue weighted by Crippen LogP contribution is -2.55. The van der Waals surface area contributed by atoms with Crippen molar-refractivity contribution in [1.29, 1.82) is 0 Å². The van der Waals surface area contributed by atoms with E-state index in [1.165, 1.54) is 5.57 Å². The Morgan fingerprint density at radius 1 is 0.881 bits per heavy atom. The number of rotatable bonds is 9. The Kier molecular flexibility index (Phi) is 10.5. The zero-order valence-electron chi connectivity index (χ0n) is 25.2. The number of aliphatic hydroxyl groups excluding tert-OH is 2. The van der Waals surface area contributed by atoms with Gasteiger partial charge in [-0.3, -0.25) is 0 Å². The van der Waals surface area contributed by atoms with Gasteiger partial charge in [0.05, 0.1) is 17.8 Å². The molecule has 0 aromatic heterocycles. The quantitative estimate of drug-likeness (QED) is 0.159. The van der Waals surface area contributed by atoms with Crippen molar-refractivity contribution in [1.82, 2.24) is 0 Å². The number of fused-ring (bicyclic) bond motifs is 1. The summed E-state index contributed by atoms with van der Waals surface area (Å²) in [5.41, 5.74) is -4.53. The van der Waals surface area contributed by atoms with E-state index < -0.39 is 41.2 Å². The van der Waals surface area contributed by atoms with E-state index in [1.54, 1.807) is 13.8 Å². The van der Waals surface area contributed by atoms with E-state index in [9.17, 15) is 46.8 Å². The van der Waals surface area contributed by atoms with Crippen LogP contribution in [0, 0.1) is 22.7 Å². The average Bonchev–Trinajstić information content (AvgIpc) is 3.18. The third kappa shape index (κ3) is 7.83. The maximum atomic E-state index is 13.3. The molecule has 3 rings (SSSR count). The number of hydrogen-bond donors (Lipinski definition) is 4. The molecule has 0 amide bonds. The largest absolute Gasteiger partial charge is 0.429 e. The molecule has 3 fully saturated rings. The van der Waals surface area contributed by atoms with Gasteiger partial charge in [0.2, 0.25) is 0 Å². The summed E-state index contributed by atoms with van der Waals surface area (Å²) >= 11 is 0. The smallest absolute Gasteiger partial charge is 0.393 e. The van der Waals surface area contributed by atoms with Crippen LogP contribution in [0.5, 0.6) is 0 Å². The van der Waals surface area contributed by atoms with E-state index in [0.717, 1.165) is 43.8 Å². The van der Waals surface area contributed by atoms with Crippen LogP contribution in [0.25, 0.3) is 0 Å². The summed E-state index contributed by atoms with van der Waals surface area (Å²) in [7, 11) is 0. The van der Waals surface area contributed by atoms with Crippen LogP contribution < -0.4 is 0 Å². The van der Waals surface area contributed by atoms with Gasteiger partial charge in [0.25, 0.3) is 5.60 Å². The van der Waals surface area contributed by atoms with Gasteiger partial charge >= 0.3 is 12.4 Å². The van der Waals surface area contributed by atoms with Crippen molar-refractivity contribution < 1.29 is 46.8 Å². The van der Waals surface area contributed by atoms with Crippen molar-refractivity contribution in [3.63, 3.8) is 0 Å². The van der Waals surface area contributed by atoms with Crippen molar-refractivity contribution in [2.75, 3.05) is 0 Å². The Balaban J connectivity index is 1.91. The first-order chi connectivity index (χ1) is 19.1. The Morgan fingerprint density at radius 3 is 2.02 bits per heavy atom. The number of hydrogen-bond acceptors (Lipinski definition) is 4. The third-order valence-corrected chi connectivity index (χ3v) is 10.2. The summed E-state index contributed by atoms with van der Waals surface area (Å²) in [4.78, 5) is 0. The molecule has 3 aliphatic rings. The standard InChI is InChI=1S/C32H48F6O4/c1-27(2,41)13-6-14-28(3,15-7-17-30(42,31(33,34)35)32(36,37)38)26-12-11-25-22(8-5-16-29(25,26)4)10-9-21-18-23(39)20-24(40)19-21/h7,9-10,17,23-26,39-42H,5-6,8,11-16,18-20H2,1-4H3/b17-7+,21-9-,22-10+/t23?,24-,25?,26-,28+,29+/m1/s1. The molecule has 242 valence electrons. The lowest BCUT2D eigenvalue weighted by Gasteiger charge is -2.49. The fourth-order valence-electron chi connectivity index (χ4n) is 8.11. The molecule has 4 nitrogen and oxygen atoms in total. The molecule has 0 spiro atoms. The lowest BCUT2D eigenvalue weighted by molar-refractivity contribution is -0.347. The predicted molar refractivity (Wildman–Crippen MR) is 149 cm³/mol. The highest BCUT2D eigenvalue weighted by molar-refractivity contribution is 5.27. The summed E-state index contributed by atoms with van der Waals surface area (Å²) < 4.78 is 80.1. The second-order valence-electron chi connectivity index (χ2n) is 14.2. The fourth-order valence-corrected chi connectivity index (χ4v) is 8.11. The minimum absolute atomic E-state index is 0.000925. The van der Waals surface area contributed by atoms with E-state index in [0.29, 0.717) is 38.5 Å². The Hall–Kier alpha value is -1.36. The van der Waals surface area contributed by atoms with Gasteiger partial charge in [0.1, 0.15) is 0 Å². The molecule has 0 aliphatic heterocycles. The zero-order valence-corrected chi connectivity index (χ0v) is 25.2. The summed E-state index contributed by atoms with van der Waals surface area (Å²) in [6.07, 6.45) is -1.06. The molecule has 2 unspecified atom stereocenters.